The average Bonchev–Trinajstić information content (AvgIpc) is 2.82. The molecule has 0 amide bonds. The number of methoxy groups -OCH3 is 1. The maximum Gasteiger partial charge on any atom is 0.200 e. The zero-order chi connectivity index (χ0) is 24.0. The molecule has 0 aliphatic carbocycles. The van der Waals surface area contributed by atoms with E-state index in [-0.39, 0.29) is 47.5 Å². The van der Waals surface area contributed by atoms with Crippen LogP contribution in [0.4, 0.5) is 4.39 Å². The molecule has 7 nitrogen and oxygen atoms in total. The van der Waals surface area contributed by atoms with Crippen LogP contribution in [0.25, 0.3) is 22.0 Å². The average molecular weight is 478 g/mol. The predicted molar refractivity (Wildman–Crippen MR) is 126 cm³/mol. The van der Waals surface area contributed by atoms with Gasteiger partial charge in [0.05, 0.1) is 36.1 Å². The minimum absolute atomic E-state index is 0.000362. The van der Waals surface area contributed by atoms with Gasteiger partial charge < -0.3 is 19.1 Å². The number of benzene rings is 2. The minimum Gasteiger partial charge on any atom is -0.497 e. The smallest absolute Gasteiger partial charge is 0.200 e. The van der Waals surface area contributed by atoms with Gasteiger partial charge in [-0.1, -0.05) is 19.1 Å². The van der Waals surface area contributed by atoms with Crippen LogP contribution in [0.1, 0.15) is 19.8 Å². The first-order valence-corrected chi connectivity index (χ1v) is 12.6. The molecule has 1 heterocycles. The number of rotatable bonds is 11. The summed E-state index contributed by atoms with van der Waals surface area (Å²) in [4.78, 5) is 13.3. The molecule has 9 heteroatoms. The number of nitrogens with zero attached hydrogens (tertiary/aromatic N) is 1. The molecule has 33 heavy (non-hydrogen) atoms. The topological polar surface area (TPSA) is 94.8 Å². The highest BCUT2D eigenvalue weighted by atomic mass is 32.2. The first-order chi connectivity index (χ1) is 15.8. The number of hydrogen-bond acceptors (Lipinski definition) is 6. The number of ether oxygens (including phenoxy) is 2. The fourth-order valence-electron chi connectivity index (χ4n) is 3.57. The summed E-state index contributed by atoms with van der Waals surface area (Å²) >= 11 is 0. The van der Waals surface area contributed by atoms with Crippen molar-refractivity contribution in [2.24, 2.45) is 0 Å². The van der Waals surface area contributed by atoms with Crippen molar-refractivity contribution in [2.45, 2.75) is 26.3 Å². The quantitative estimate of drug-likeness (QED) is 0.455. The van der Waals surface area contributed by atoms with Gasteiger partial charge >= 0.3 is 0 Å². The molecule has 1 aromatic heterocycles. The second kappa shape index (κ2) is 10.8. The summed E-state index contributed by atoms with van der Waals surface area (Å²) in [5.74, 6) is -0.154. The number of halogens is 1. The molecule has 0 aliphatic rings. The van der Waals surface area contributed by atoms with Crippen molar-refractivity contribution in [1.82, 2.24) is 4.57 Å². The lowest BCUT2D eigenvalue weighted by atomic mass is 10.0. The lowest BCUT2D eigenvalue weighted by Gasteiger charge is -2.18. The third kappa shape index (κ3) is 5.72. The molecule has 2 aromatic carbocycles. The van der Waals surface area contributed by atoms with Gasteiger partial charge in [-0.25, -0.2) is 12.8 Å². The van der Waals surface area contributed by atoms with Gasteiger partial charge in [-0.15, -0.1) is 0 Å². The molecule has 3 rings (SSSR count). The van der Waals surface area contributed by atoms with Gasteiger partial charge in [0.2, 0.25) is 0 Å². The van der Waals surface area contributed by atoms with Crippen LogP contribution in [0.3, 0.4) is 0 Å². The maximum absolute atomic E-state index is 14.9. The SMILES string of the molecule is CCCOc1ccc(F)c2c(=O)c(-c3ccc(OC)cc3)cn(CCS(=O)(=O)CCCO)c12. The summed E-state index contributed by atoms with van der Waals surface area (Å²) in [6.45, 7) is 2.07. The number of aryl methyl sites for hydroxylation is 1. The van der Waals surface area contributed by atoms with E-state index in [2.05, 4.69) is 0 Å². The Morgan fingerprint density at radius 2 is 1.82 bits per heavy atom. The third-order valence-corrected chi connectivity index (χ3v) is 6.97. The Bertz CT molecular complexity index is 1270. The molecule has 0 radical (unpaired) electrons. The first kappa shape index (κ1) is 24.7. The number of sulfone groups is 1. The number of aromatic nitrogens is 1. The maximum atomic E-state index is 14.9. The zero-order valence-electron chi connectivity index (χ0n) is 18.7. The van der Waals surface area contributed by atoms with Gasteiger partial charge in [0.1, 0.15) is 17.3 Å². The van der Waals surface area contributed by atoms with Crippen LogP contribution in [0.5, 0.6) is 11.5 Å². The van der Waals surface area contributed by atoms with Gasteiger partial charge in [0.25, 0.3) is 0 Å². The monoisotopic (exact) mass is 477 g/mol. The number of fused-ring (bicyclic) bond motifs is 1. The fraction of sp³-hybridized carbons (Fsp3) is 0.375. The summed E-state index contributed by atoms with van der Waals surface area (Å²) in [7, 11) is -1.93. The second-order valence-electron chi connectivity index (χ2n) is 7.64. The van der Waals surface area contributed by atoms with Crippen molar-refractivity contribution in [2.75, 3.05) is 31.8 Å². The van der Waals surface area contributed by atoms with E-state index < -0.39 is 21.1 Å². The molecular weight excluding hydrogens is 449 g/mol. The molecule has 0 bridgehead atoms. The van der Waals surface area contributed by atoms with E-state index in [1.54, 1.807) is 35.0 Å². The molecule has 0 aliphatic heterocycles. The van der Waals surface area contributed by atoms with Crippen molar-refractivity contribution < 1.29 is 27.4 Å². The van der Waals surface area contributed by atoms with Gasteiger partial charge in [-0.3, -0.25) is 4.79 Å². The van der Waals surface area contributed by atoms with Crippen molar-refractivity contribution in [3.05, 3.63) is 58.6 Å². The Labute approximate surface area is 192 Å². The van der Waals surface area contributed by atoms with Crippen molar-refractivity contribution in [3.63, 3.8) is 0 Å². The van der Waals surface area contributed by atoms with Crippen LogP contribution >= 0.6 is 0 Å². The van der Waals surface area contributed by atoms with Gasteiger partial charge in [0.15, 0.2) is 15.3 Å². The Kier molecular flexibility index (Phi) is 8.10. The predicted octanol–water partition coefficient (Wildman–Crippen LogP) is 3.40. The Morgan fingerprint density at radius 1 is 1.09 bits per heavy atom. The molecular formula is C24H28FNO6S. The lowest BCUT2D eigenvalue weighted by molar-refractivity contribution is 0.295. The van der Waals surface area contributed by atoms with Gasteiger partial charge in [-0.2, -0.15) is 0 Å². The second-order valence-corrected chi connectivity index (χ2v) is 9.94. The van der Waals surface area contributed by atoms with Crippen LogP contribution in [-0.2, 0) is 16.4 Å². The normalized spacial score (nSPS) is 11.6. The summed E-state index contributed by atoms with van der Waals surface area (Å²) in [5.41, 5.74) is 0.514. The summed E-state index contributed by atoms with van der Waals surface area (Å²) < 4.78 is 52.3. The molecule has 0 fully saturated rings. The molecule has 0 spiro atoms. The largest absolute Gasteiger partial charge is 0.497 e. The first-order valence-electron chi connectivity index (χ1n) is 10.8. The van der Waals surface area contributed by atoms with Crippen LogP contribution in [-0.4, -0.2) is 49.9 Å². The Morgan fingerprint density at radius 3 is 2.45 bits per heavy atom. The highest BCUT2D eigenvalue weighted by Crippen LogP contribution is 2.30. The van der Waals surface area contributed by atoms with E-state index in [1.807, 2.05) is 6.92 Å². The van der Waals surface area contributed by atoms with E-state index in [0.717, 1.165) is 0 Å². The molecule has 3 aromatic rings. The summed E-state index contributed by atoms with van der Waals surface area (Å²) in [6.07, 6.45) is 2.40. The number of pyridine rings is 1. The van der Waals surface area contributed by atoms with Crippen molar-refractivity contribution in [3.8, 4) is 22.6 Å². The Balaban J connectivity index is 2.20. The molecule has 178 valence electrons. The van der Waals surface area contributed by atoms with Crippen LogP contribution in [0.15, 0.2) is 47.4 Å². The van der Waals surface area contributed by atoms with E-state index in [4.69, 9.17) is 14.6 Å². The van der Waals surface area contributed by atoms with E-state index >= 15 is 0 Å². The highest BCUT2D eigenvalue weighted by Gasteiger charge is 2.20. The van der Waals surface area contributed by atoms with Crippen LogP contribution in [0.2, 0.25) is 0 Å². The van der Waals surface area contributed by atoms with E-state index in [9.17, 15) is 17.6 Å². The van der Waals surface area contributed by atoms with Crippen LogP contribution in [0, 0.1) is 5.82 Å². The van der Waals surface area contributed by atoms with E-state index in [1.165, 1.54) is 19.2 Å². The van der Waals surface area contributed by atoms with Crippen molar-refractivity contribution in [1.29, 1.82) is 0 Å². The van der Waals surface area contributed by atoms with E-state index in [0.29, 0.717) is 30.1 Å². The molecule has 0 unspecified atom stereocenters. The summed E-state index contributed by atoms with van der Waals surface area (Å²) in [6, 6.07) is 9.42. The van der Waals surface area contributed by atoms with Gasteiger partial charge in [-0.05, 0) is 42.7 Å². The lowest BCUT2D eigenvalue weighted by Crippen LogP contribution is -2.20. The number of hydrogen-bond donors (Lipinski definition) is 1. The zero-order valence-corrected chi connectivity index (χ0v) is 19.5. The standard InChI is InChI=1S/C24H28FNO6S/c1-3-13-32-21-10-9-20(25)22-23(21)26(11-15-33(29,30)14-4-12-27)16-19(24(22)28)17-5-7-18(31-2)8-6-17/h5-10,16,27H,3-4,11-15H2,1-2H3. The minimum atomic E-state index is -3.46. The molecule has 1 N–H and O–H groups in total. The van der Waals surface area contributed by atoms with Gasteiger partial charge in [0, 0.05) is 24.9 Å². The molecule has 0 atom stereocenters. The Hall–Kier alpha value is -2.91. The number of aliphatic hydroxyl groups excluding tert-OH is 1. The summed E-state index contributed by atoms with van der Waals surface area (Å²) in [5, 5.41) is 8.82. The highest BCUT2D eigenvalue weighted by molar-refractivity contribution is 7.91. The molecule has 0 saturated carbocycles. The van der Waals surface area contributed by atoms with Crippen molar-refractivity contribution >= 4 is 20.7 Å². The molecule has 0 saturated heterocycles. The van der Waals surface area contributed by atoms with Crippen LogP contribution < -0.4 is 14.9 Å². The third-order valence-electron chi connectivity index (χ3n) is 5.25. The fourth-order valence-corrected chi connectivity index (χ4v) is 4.82. The number of aliphatic hydroxyl groups is 1.